The van der Waals surface area contributed by atoms with E-state index in [-0.39, 0.29) is 0 Å². The molecule has 24 heavy (non-hydrogen) atoms. The molecular weight excluding hydrogens is 304 g/mol. The average molecular weight is 326 g/mol. The maximum Gasteiger partial charge on any atom is 0.315 e. The summed E-state index contributed by atoms with van der Waals surface area (Å²) in [6.45, 7) is 4.60. The maximum atomic E-state index is 5.80. The fourth-order valence-corrected chi connectivity index (χ4v) is 3.51. The van der Waals surface area contributed by atoms with Gasteiger partial charge >= 0.3 is 6.01 Å². The normalized spacial score (nSPS) is 15.9. The van der Waals surface area contributed by atoms with Crippen molar-refractivity contribution in [3.8, 4) is 0 Å². The van der Waals surface area contributed by atoms with Gasteiger partial charge in [-0.1, -0.05) is 24.4 Å². The van der Waals surface area contributed by atoms with Crippen molar-refractivity contribution < 1.29 is 4.42 Å². The number of nitrogens with zero attached hydrogens (tertiary/aromatic N) is 5. The van der Waals surface area contributed by atoms with Crippen molar-refractivity contribution in [3.05, 3.63) is 35.2 Å². The topological polar surface area (TPSA) is 81.1 Å². The summed E-state index contributed by atoms with van der Waals surface area (Å²) in [6, 6.07) is 2.52. The van der Waals surface area contributed by atoms with E-state index in [0.717, 1.165) is 41.6 Å². The average Bonchev–Trinajstić information content (AvgIpc) is 3.20. The molecule has 1 fully saturated rings. The smallest absolute Gasteiger partial charge is 0.315 e. The minimum Gasteiger partial charge on any atom is -0.408 e. The lowest BCUT2D eigenvalue weighted by molar-refractivity contribution is 0.367. The molecule has 1 saturated carbocycles. The number of fused-ring (bicyclic) bond motifs is 1. The Balaban J connectivity index is 1.48. The molecule has 1 N–H and O–H groups in total. The second-order valence-corrected chi connectivity index (χ2v) is 6.56. The van der Waals surface area contributed by atoms with E-state index in [1.807, 2.05) is 23.6 Å². The van der Waals surface area contributed by atoms with Gasteiger partial charge in [0.05, 0.1) is 18.4 Å². The van der Waals surface area contributed by atoms with Crippen LogP contribution in [0, 0.1) is 13.8 Å². The Morgan fingerprint density at radius 2 is 2.04 bits per heavy atom. The highest BCUT2D eigenvalue weighted by Gasteiger charge is 2.21. The third-order valence-corrected chi connectivity index (χ3v) is 4.68. The summed E-state index contributed by atoms with van der Waals surface area (Å²) in [5.74, 6) is 1.91. The molecule has 1 aliphatic carbocycles. The first-order chi connectivity index (χ1) is 11.7. The molecule has 0 aromatic carbocycles. The molecule has 3 aromatic heterocycles. The van der Waals surface area contributed by atoms with Crippen LogP contribution in [0.5, 0.6) is 0 Å². The van der Waals surface area contributed by atoms with Gasteiger partial charge in [-0.2, -0.15) is 0 Å². The van der Waals surface area contributed by atoms with Crippen molar-refractivity contribution in [2.45, 2.75) is 58.4 Å². The number of aryl methyl sites for hydroxylation is 2. The fourth-order valence-electron chi connectivity index (χ4n) is 3.51. The van der Waals surface area contributed by atoms with E-state index in [1.165, 1.54) is 19.3 Å². The minimum absolute atomic E-state index is 0.423. The van der Waals surface area contributed by atoms with Gasteiger partial charge in [0.2, 0.25) is 11.7 Å². The van der Waals surface area contributed by atoms with Gasteiger partial charge in [0.25, 0.3) is 0 Å². The van der Waals surface area contributed by atoms with Crippen LogP contribution in [0.2, 0.25) is 0 Å². The molecule has 0 saturated heterocycles. The van der Waals surface area contributed by atoms with Crippen molar-refractivity contribution in [1.82, 2.24) is 24.6 Å². The lowest BCUT2D eigenvalue weighted by atomic mass is 9.89. The molecule has 0 radical (unpaired) electrons. The second-order valence-electron chi connectivity index (χ2n) is 6.56. The summed E-state index contributed by atoms with van der Waals surface area (Å²) in [6.07, 6.45) is 7.96. The molecule has 0 unspecified atom stereocenters. The van der Waals surface area contributed by atoms with Crippen molar-refractivity contribution >= 4 is 11.8 Å². The van der Waals surface area contributed by atoms with Gasteiger partial charge in [-0.05, 0) is 32.8 Å². The molecule has 7 heteroatoms. The lowest BCUT2D eigenvalue weighted by Gasteiger charge is -2.17. The summed E-state index contributed by atoms with van der Waals surface area (Å²) in [7, 11) is 0. The van der Waals surface area contributed by atoms with Crippen LogP contribution in [0.3, 0.4) is 0 Å². The Morgan fingerprint density at radius 3 is 2.88 bits per heavy atom. The van der Waals surface area contributed by atoms with Gasteiger partial charge in [0.1, 0.15) is 0 Å². The Morgan fingerprint density at radius 1 is 1.21 bits per heavy atom. The zero-order valence-electron chi connectivity index (χ0n) is 14.1. The third kappa shape index (κ3) is 2.86. The molecule has 0 aliphatic heterocycles. The highest BCUT2D eigenvalue weighted by molar-refractivity contribution is 5.36. The Labute approximate surface area is 140 Å². The molecule has 3 heterocycles. The van der Waals surface area contributed by atoms with E-state index in [4.69, 9.17) is 4.42 Å². The number of rotatable bonds is 4. The van der Waals surface area contributed by atoms with Gasteiger partial charge < -0.3 is 9.73 Å². The van der Waals surface area contributed by atoms with Gasteiger partial charge in [-0.3, -0.25) is 4.40 Å². The van der Waals surface area contributed by atoms with E-state index in [1.54, 1.807) is 0 Å². The van der Waals surface area contributed by atoms with Crippen LogP contribution in [0.1, 0.15) is 61.0 Å². The number of nitrogens with one attached hydrogen (secondary N) is 1. The quantitative estimate of drug-likeness (QED) is 0.791. The van der Waals surface area contributed by atoms with Gasteiger partial charge in [0.15, 0.2) is 0 Å². The first kappa shape index (κ1) is 15.1. The van der Waals surface area contributed by atoms with Crippen molar-refractivity contribution in [3.63, 3.8) is 0 Å². The van der Waals surface area contributed by atoms with Crippen LogP contribution < -0.4 is 5.32 Å². The number of hydrogen-bond donors (Lipinski definition) is 1. The van der Waals surface area contributed by atoms with Crippen LogP contribution in [-0.4, -0.2) is 24.6 Å². The molecule has 1 aliphatic rings. The lowest BCUT2D eigenvalue weighted by Crippen LogP contribution is -2.06. The zero-order chi connectivity index (χ0) is 16.5. The summed E-state index contributed by atoms with van der Waals surface area (Å²) in [4.78, 5) is 8.83. The van der Waals surface area contributed by atoms with Gasteiger partial charge in [0, 0.05) is 17.3 Å². The van der Waals surface area contributed by atoms with Crippen molar-refractivity contribution in [2.24, 2.45) is 0 Å². The van der Waals surface area contributed by atoms with Crippen LogP contribution in [0.25, 0.3) is 5.78 Å². The standard InChI is InChI=1S/C17H22N6O/c1-11-8-12(2)23-14(9-18-16(23)20-11)10-19-17-22-21-15(24-17)13-6-4-3-5-7-13/h8-9,13H,3-7,10H2,1-2H3,(H,19,22). The number of aromatic nitrogens is 5. The van der Waals surface area contributed by atoms with Crippen molar-refractivity contribution in [2.75, 3.05) is 5.32 Å². The molecule has 126 valence electrons. The molecule has 0 amide bonds. The zero-order valence-corrected chi connectivity index (χ0v) is 14.1. The Bertz CT molecular complexity index is 846. The predicted octanol–water partition coefficient (Wildman–Crippen LogP) is 3.39. The van der Waals surface area contributed by atoms with Crippen LogP contribution in [0.15, 0.2) is 16.7 Å². The molecular formula is C17H22N6O. The van der Waals surface area contributed by atoms with Gasteiger partial charge in [-0.25, -0.2) is 9.97 Å². The Kier molecular flexibility index (Phi) is 3.92. The van der Waals surface area contributed by atoms with E-state index >= 15 is 0 Å². The van der Waals surface area contributed by atoms with Crippen LogP contribution in [0.4, 0.5) is 6.01 Å². The summed E-state index contributed by atoms with van der Waals surface area (Å²) in [5, 5.41) is 11.6. The highest BCUT2D eigenvalue weighted by Crippen LogP contribution is 2.32. The summed E-state index contributed by atoms with van der Waals surface area (Å²) >= 11 is 0. The largest absolute Gasteiger partial charge is 0.408 e. The Hall–Kier alpha value is -2.44. The van der Waals surface area contributed by atoms with E-state index in [9.17, 15) is 0 Å². The highest BCUT2D eigenvalue weighted by atomic mass is 16.4. The second kappa shape index (κ2) is 6.22. The third-order valence-electron chi connectivity index (χ3n) is 4.68. The summed E-state index contributed by atoms with van der Waals surface area (Å²) in [5.41, 5.74) is 3.10. The van der Waals surface area contributed by atoms with Crippen LogP contribution >= 0.6 is 0 Å². The number of hydrogen-bond acceptors (Lipinski definition) is 6. The van der Waals surface area contributed by atoms with Gasteiger partial charge in [-0.15, -0.1) is 5.10 Å². The maximum absolute atomic E-state index is 5.80. The van der Waals surface area contributed by atoms with Crippen LogP contribution in [-0.2, 0) is 6.54 Å². The molecule has 0 atom stereocenters. The van der Waals surface area contributed by atoms with E-state index in [0.29, 0.717) is 18.5 Å². The fraction of sp³-hybridized carbons (Fsp3) is 0.529. The number of imidazole rings is 1. The molecule has 7 nitrogen and oxygen atoms in total. The molecule has 0 spiro atoms. The molecule has 0 bridgehead atoms. The van der Waals surface area contributed by atoms with Crippen molar-refractivity contribution in [1.29, 1.82) is 0 Å². The SMILES string of the molecule is Cc1cc(C)n2c(CNc3nnc(C4CCCCC4)o3)cnc2n1. The summed E-state index contributed by atoms with van der Waals surface area (Å²) < 4.78 is 7.84. The van der Waals surface area contributed by atoms with E-state index in [2.05, 4.69) is 32.4 Å². The first-order valence-electron chi connectivity index (χ1n) is 8.58. The minimum atomic E-state index is 0.423. The monoisotopic (exact) mass is 326 g/mol. The number of anilines is 1. The molecule has 4 rings (SSSR count). The molecule has 3 aromatic rings. The predicted molar refractivity (Wildman–Crippen MR) is 89.9 cm³/mol. The van der Waals surface area contributed by atoms with E-state index < -0.39 is 0 Å². The first-order valence-corrected chi connectivity index (χ1v) is 8.58.